The van der Waals surface area contributed by atoms with Gasteiger partial charge in [-0.3, -0.25) is 9.69 Å². The Labute approximate surface area is 264 Å². The molecule has 8 nitrogen and oxygen atoms in total. The molecule has 3 saturated heterocycles. The predicted octanol–water partition coefficient (Wildman–Crippen LogP) is 5.56. The fraction of sp³-hybridized carbons (Fsp3) is 0.429. The van der Waals surface area contributed by atoms with Gasteiger partial charge < -0.3 is 9.47 Å². The molecule has 0 radical (unpaired) electrons. The summed E-state index contributed by atoms with van der Waals surface area (Å²) in [5.41, 5.74) is 3.39. The van der Waals surface area contributed by atoms with Crippen LogP contribution in [0.2, 0.25) is 0 Å². The third kappa shape index (κ3) is 5.57. The number of benzene rings is 3. The lowest BCUT2D eigenvalue weighted by molar-refractivity contribution is 0.0603. The minimum absolute atomic E-state index is 0.0818. The second-order valence-corrected chi connectivity index (χ2v) is 14.7. The maximum absolute atomic E-state index is 14.8. The summed E-state index contributed by atoms with van der Waals surface area (Å²) in [6.07, 6.45) is 7.28. The number of carbonyl (C=O) groups is 1. The monoisotopic (exact) mass is 629 g/mol. The number of para-hydroxylation sites is 2. The van der Waals surface area contributed by atoms with Gasteiger partial charge in [-0.05, 0) is 99.7 Å². The van der Waals surface area contributed by atoms with E-state index in [0.29, 0.717) is 31.2 Å². The van der Waals surface area contributed by atoms with Gasteiger partial charge in [0.1, 0.15) is 11.6 Å². The standard InChI is InChI=1S/C35H40FN5O3S/c1-24-38-32-9-5-6-10-33(32)41(24)28-21-26-11-12-27(22-28)40(26)20-17-35(25-7-3-2-4-8-25)15-18-39(19-16-35)34(42)30-14-13-29(23-31(30)36)45(37,43)44/h2-10,13-14,23,26-28H,11-12,15-22H2,1H3,(H2,37,43,44)/t26-,27+,28+. The zero-order valence-electron chi connectivity index (χ0n) is 25.6. The Morgan fingerprint density at radius 3 is 2.29 bits per heavy atom. The first-order chi connectivity index (χ1) is 21.6. The quantitative estimate of drug-likeness (QED) is 0.288. The second-order valence-electron chi connectivity index (χ2n) is 13.1. The van der Waals surface area contributed by atoms with Crippen molar-refractivity contribution in [2.24, 2.45) is 5.14 Å². The van der Waals surface area contributed by atoms with Gasteiger partial charge in [0, 0.05) is 31.2 Å². The molecule has 236 valence electrons. The number of nitrogens with zero attached hydrogens (tertiary/aromatic N) is 4. The number of amides is 1. The lowest BCUT2D eigenvalue weighted by atomic mass is 9.70. The molecule has 45 heavy (non-hydrogen) atoms. The van der Waals surface area contributed by atoms with Crippen LogP contribution in [-0.4, -0.2) is 65.4 Å². The minimum atomic E-state index is -4.06. The fourth-order valence-corrected chi connectivity index (χ4v) is 8.94. The lowest BCUT2D eigenvalue weighted by Crippen LogP contribution is -2.49. The number of rotatable bonds is 7. The van der Waals surface area contributed by atoms with Gasteiger partial charge in [0.15, 0.2) is 0 Å². The van der Waals surface area contributed by atoms with Gasteiger partial charge in [0.05, 0.1) is 21.5 Å². The van der Waals surface area contributed by atoms with Crippen LogP contribution in [0.4, 0.5) is 4.39 Å². The Bertz CT molecular complexity index is 1820. The van der Waals surface area contributed by atoms with Crippen molar-refractivity contribution >= 4 is 27.0 Å². The highest BCUT2D eigenvalue weighted by Gasteiger charge is 2.44. The molecule has 4 aromatic rings. The number of halogens is 1. The fourth-order valence-electron chi connectivity index (χ4n) is 8.42. The Balaban J connectivity index is 1.06. The summed E-state index contributed by atoms with van der Waals surface area (Å²) in [6.45, 7) is 4.15. The Morgan fingerprint density at radius 1 is 0.956 bits per heavy atom. The number of hydrogen-bond acceptors (Lipinski definition) is 5. The number of aryl methyl sites for hydroxylation is 1. The molecule has 2 N–H and O–H groups in total. The van der Waals surface area contributed by atoms with E-state index in [2.05, 4.69) is 64.9 Å². The number of imidazole rings is 1. The second kappa shape index (κ2) is 11.6. The van der Waals surface area contributed by atoms with Crippen LogP contribution in [0.5, 0.6) is 0 Å². The highest BCUT2D eigenvalue weighted by atomic mass is 32.2. The van der Waals surface area contributed by atoms with Crippen LogP contribution >= 0.6 is 0 Å². The number of sulfonamides is 1. The molecule has 2 bridgehead atoms. The molecule has 4 heterocycles. The van der Waals surface area contributed by atoms with Crippen molar-refractivity contribution in [3.05, 3.63) is 95.6 Å². The summed E-state index contributed by atoms with van der Waals surface area (Å²) < 4.78 is 40.6. The van der Waals surface area contributed by atoms with Crippen LogP contribution < -0.4 is 5.14 Å². The van der Waals surface area contributed by atoms with Gasteiger partial charge >= 0.3 is 0 Å². The topological polar surface area (TPSA) is 102 Å². The highest BCUT2D eigenvalue weighted by Crippen LogP contribution is 2.45. The molecular weight excluding hydrogens is 589 g/mol. The summed E-state index contributed by atoms with van der Waals surface area (Å²) in [5, 5.41) is 5.14. The average Bonchev–Trinajstić information content (AvgIpc) is 3.50. The summed E-state index contributed by atoms with van der Waals surface area (Å²) in [5.74, 6) is -0.194. The molecular formula is C35H40FN5O3S. The van der Waals surface area contributed by atoms with E-state index in [0.717, 1.165) is 56.1 Å². The van der Waals surface area contributed by atoms with Crippen LogP contribution in [0.1, 0.15) is 72.7 Å². The van der Waals surface area contributed by atoms with E-state index in [-0.39, 0.29) is 15.9 Å². The van der Waals surface area contributed by atoms with E-state index >= 15 is 0 Å². The van der Waals surface area contributed by atoms with Crippen LogP contribution in [0.3, 0.4) is 0 Å². The molecule has 3 fully saturated rings. The molecule has 0 spiro atoms. The van der Waals surface area contributed by atoms with E-state index in [1.807, 2.05) is 6.07 Å². The van der Waals surface area contributed by atoms with Crippen molar-refractivity contribution in [1.29, 1.82) is 0 Å². The normalized spacial score (nSPS) is 23.4. The van der Waals surface area contributed by atoms with E-state index in [4.69, 9.17) is 10.1 Å². The van der Waals surface area contributed by atoms with E-state index in [9.17, 15) is 17.6 Å². The smallest absolute Gasteiger partial charge is 0.256 e. The molecule has 3 atom stereocenters. The van der Waals surface area contributed by atoms with Crippen molar-refractivity contribution in [2.45, 2.75) is 80.3 Å². The Kier molecular flexibility index (Phi) is 7.78. The maximum Gasteiger partial charge on any atom is 0.256 e. The van der Waals surface area contributed by atoms with Crippen molar-refractivity contribution in [3.8, 4) is 0 Å². The minimum Gasteiger partial charge on any atom is -0.338 e. The van der Waals surface area contributed by atoms with E-state index < -0.39 is 21.7 Å². The summed E-state index contributed by atoms with van der Waals surface area (Å²) in [6, 6.07) is 23.9. The third-order valence-electron chi connectivity index (χ3n) is 10.7. The molecule has 0 saturated carbocycles. The molecule has 3 aromatic carbocycles. The zero-order valence-corrected chi connectivity index (χ0v) is 26.4. The van der Waals surface area contributed by atoms with E-state index in [1.165, 1.54) is 36.1 Å². The van der Waals surface area contributed by atoms with Gasteiger partial charge in [-0.2, -0.15) is 0 Å². The molecule has 0 unspecified atom stereocenters. The van der Waals surface area contributed by atoms with Crippen molar-refractivity contribution in [2.75, 3.05) is 19.6 Å². The molecule has 0 aliphatic carbocycles. The van der Waals surface area contributed by atoms with Crippen molar-refractivity contribution in [3.63, 3.8) is 0 Å². The number of nitrogens with two attached hydrogens (primary N) is 1. The van der Waals surface area contributed by atoms with Gasteiger partial charge in [0.25, 0.3) is 5.91 Å². The summed E-state index contributed by atoms with van der Waals surface area (Å²) in [4.78, 5) is 22.3. The largest absolute Gasteiger partial charge is 0.338 e. The molecule has 1 amide bonds. The van der Waals surface area contributed by atoms with Crippen LogP contribution in [0, 0.1) is 12.7 Å². The zero-order chi connectivity index (χ0) is 31.3. The summed E-state index contributed by atoms with van der Waals surface area (Å²) in [7, 11) is -4.06. The lowest BCUT2D eigenvalue weighted by Gasteiger charge is -2.45. The molecule has 1 aromatic heterocycles. The molecule has 7 rings (SSSR count). The molecule has 3 aliphatic rings. The van der Waals surface area contributed by atoms with E-state index in [1.54, 1.807) is 4.90 Å². The number of fused-ring (bicyclic) bond motifs is 3. The van der Waals surface area contributed by atoms with Gasteiger partial charge in [-0.1, -0.05) is 42.5 Å². The van der Waals surface area contributed by atoms with Gasteiger partial charge in [0.2, 0.25) is 10.0 Å². The Morgan fingerprint density at radius 2 is 1.62 bits per heavy atom. The average molecular weight is 630 g/mol. The Hall–Kier alpha value is -3.60. The first-order valence-electron chi connectivity index (χ1n) is 16.0. The van der Waals surface area contributed by atoms with Crippen LogP contribution in [0.15, 0.2) is 77.7 Å². The number of piperidine rings is 2. The third-order valence-corrected chi connectivity index (χ3v) is 11.6. The SMILES string of the molecule is Cc1nc2ccccc2n1[C@H]1C[C@H]2CC[C@@H](C1)N2CCC1(c2ccccc2)CCN(C(=O)c2ccc(S(N)(=O)=O)cc2F)CC1. The number of primary sulfonamides is 1. The number of aromatic nitrogens is 2. The number of hydrogen-bond donors (Lipinski definition) is 1. The van der Waals surface area contributed by atoms with Crippen molar-refractivity contribution in [1.82, 2.24) is 19.4 Å². The first kappa shape index (κ1) is 30.1. The first-order valence-corrected chi connectivity index (χ1v) is 17.5. The predicted molar refractivity (Wildman–Crippen MR) is 172 cm³/mol. The number of likely N-dealkylation sites (tertiary alicyclic amines) is 1. The molecule has 3 aliphatic heterocycles. The summed E-state index contributed by atoms with van der Waals surface area (Å²) >= 11 is 0. The van der Waals surface area contributed by atoms with Crippen LogP contribution in [0.25, 0.3) is 11.0 Å². The molecule has 10 heteroatoms. The maximum atomic E-state index is 14.8. The number of carbonyl (C=O) groups excluding carboxylic acids is 1. The highest BCUT2D eigenvalue weighted by molar-refractivity contribution is 7.89. The van der Waals surface area contributed by atoms with Gasteiger partial charge in [-0.25, -0.2) is 22.9 Å². The van der Waals surface area contributed by atoms with Crippen molar-refractivity contribution < 1.29 is 17.6 Å². The van der Waals surface area contributed by atoms with Crippen LogP contribution in [-0.2, 0) is 15.4 Å². The van der Waals surface area contributed by atoms with Gasteiger partial charge in [-0.15, -0.1) is 0 Å².